The maximum atomic E-state index is 9.01. The second-order valence-corrected chi connectivity index (χ2v) is 5.00. The van der Waals surface area contributed by atoms with Gasteiger partial charge in [0.1, 0.15) is 5.82 Å². The van der Waals surface area contributed by atoms with Crippen molar-refractivity contribution in [3.63, 3.8) is 0 Å². The van der Waals surface area contributed by atoms with E-state index in [1.165, 1.54) is 0 Å². The van der Waals surface area contributed by atoms with Crippen molar-refractivity contribution in [2.24, 2.45) is 0 Å². The summed E-state index contributed by atoms with van der Waals surface area (Å²) in [6, 6.07) is 12.2. The molecule has 2 heterocycles. The minimum atomic E-state index is -0.403. The second-order valence-electron chi connectivity index (χ2n) is 4.73. The molecule has 1 fully saturated rings. The Morgan fingerprint density at radius 3 is 3.10 bits per heavy atom. The molecule has 1 atom stereocenters. The minimum Gasteiger partial charge on any atom is -0.360 e. The highest BCUT2D eigenvalue weighted by Gasteiger charge is 2.23. The summed E-state index contributed by atoms with van der Waals surface area (Å²) in [5.74, 6) is 1.27. The summed E-state index contributed by atoms with van der Waals surface area (Å²) in [7, 11) is 0. The first kappa shape index (κ1) is 13.2. The van der Waals surface area contributed by atoms with Gasteiger partial charge in [-0.25, -0.2) is 4.98 Å². The molecule has 0 saturated carbocycles. The van der Waals surface area contributed by atoms with Crippen LogP contribution in [0.4, 0.5) is 5.82 Å². The van der Waals surface area contributed by atoms with Crippen LogP contribution in [-0.4, -0.2) is 30.8 Å². The van der Waals surface area contributed by atoms with E-state index in [0.29, 0.717) is 19.0 Å². The molecule has 2 aromatic rings. The maximum Gasteiger partial charge on any atom is 0.161 e. The summed E-state index contributed by atoms with van der Waals surface area (Å²) in [6.45, 7) is 1.80. The standard InChI is InChI=1S/C15H14ClN3O/c16-8-12-7-11-3-1-2-4-14(11)18-15(12)19-5-6-20-13(9-17)10-19/h1-4,7,13H,5-6,8,10H2. The number of fused-ring (bicyclic) bond motifs is 1. The van der Waals surface area contributed by atoms with Gasteiger partial charge in [0.25, 0.3) is 0 Å². The van der Waals surface area contributed by atoms with Crippen LogP contribution in [0.2, 0.25) is 0 Å². The molecule has 1 aliphatic rings. The van der Waals surface area contributed by atoms with Crippen molar-refractivity contribution in [3.05, 3.63) is 35.9 Å². The molecular formula is C15H14ClN3O. The van der Waals surface area contributed by atoms with Crippen molar-refractivity contribution >= 4 is 28.3 Å². The average molecular weight is 288 g/mol. The highest BCUT2D eigenvalue weighted by atomic mass is 35.5. The lowest BCUT2D eigenvalue weighted by Gasteiger charge is -2.32. The number of nitrogens with zero attached hydrogens (tertiary/aromatic N) is 3. The molecule has 20 heavy (non-hydrogen) atoms. The molecule has 1 aliphatic heterocycles. The molecule has 0 spiro atoms. The van der Waals surface area contributed by atoms with Crippen LogP contribution in [0.1, 0.15) is 5.56 Å². The van der Waals surface area contributed by atoms with Crippen LogP contribution in [0.15, 0.2) is 30.3 Å². The van der Waals surface area contributed by atoms with Crippen LogP contribution in [0.25, 0.3) is 10.9 Å². The summed E-state index contributed by atoms with van der Waals surface area (Å²) < 4.78 is 5.38. The van der Waals surface area contributed by atoms with Crippen LogP contribution in [0, 0.1) is 11.3 Å². The van der Waals surface area contributed by atoms with Crippen molar-refractivity contribution < 1.29 is 4.74 Å². The molecule has 0 aliphatic carbocycles. The minimum absolute atomic E-state index is 0.403. The van der Waals surface area contributed by atoms with E-state index in [2.05, 4.69) is 17.0 Å². The van der Waals surface area contributed by atoms with Crippen molar-refractivity contribution in [3.8, 4) is 6.07 Å². The van der Waals surface area contributed by atoms with Crippen LogP contribution < -0.4 is 4.90 Å². The van der Waals surface area contributed by atoms with Crippen molar-refractivity contribution in [2.75, 3.05) is 24.6 Å². The first-order chi connectivity index (χ1) is 9.81. The third-order valence-electron chi connectivity index (χ3n) is 3.43. The van der Waals surface area contributed by atoms with Gasteiger partial charge in [-0.3, -0.25) is 0 Å². The quantitative estimate of drug-likeness (QED) is 0.797. The van der Waals surface area contributed by atoms with E-state index >= 15 is 0 Å². The van der Waals surface area contributed by atoms with Gasteiger partial charge < -0.3 is 9.64 Å². The van der Waals surface area contributed by atoms with E-state index in [0.717, 1.165) is 28.8 Å². The molecule has 1 saturated heterocycles. The van der Waals surface area contributed by atoms with Gasteiger partial charge in [-0.15, -0.1) is 11.6 Å². The fourth-order valence-corrected chi connectivity index (χ4v) is 2.64. The molecule has 102 valence electrons. The van der Waals surface area contributed by atoms with Gasteiger partial charge in [-0.05, 0) is 12.1 Å². The lowest BCUT2D eigenvalue weighted by atomic mass is 10.1. The molecule has 5 heteroatoms. The predicted octanol–water partition coefficient (Wildman–Crippen LogP) is 2.70. The second kappa shape index (κ2) is 5.66. The van der Waals surface area contributed by atoms with Gasteiger partial charge in [-0.2, -0.15) is 5.26 Å². The van der Waals surface area contributed by atoms with Crippen LogP contribution in [0.3, 0.4) is 0 Å². The summed E-state index contributed by atoms with van der Waals surface area (Å²) in [6.07, 6.45) is -0.403. The average Bonchev–Trinajstić information content (AvgIpc) is 2.53. The van der Waals surface area contributed by atoms with Crippen LogP contribution in [-0.2, 0) is 10.6 Å². The van der Waals surface area contributed by atoms with Crippen molar-refractivity contribution in [2.45, 2.75) is 12.0 Å². The first-order valence-electron chi connectivity index (χ1n) is 6.52. The number of aromatic nitrogens is 1. The zero-order valence-electron chi connectivity index (χ0n) is 10.9. The number of ether oxygens (including phenoxy) is 1. The van der Waals surface area contributed by atoms with E-state index in [1.54, 1.807) is 0 Å². The smallest absolute Gasteiger partial charge is 0.161 e. The van der Waals surface area contributed by atoms with E-state index in [4.69, 9.17) is 26.6 Å². The Hall–Kier alpha value is -1.83. The fourth-order valence-electron chi connectivity index (χ4n) is 2.44. The molecule has 3 rings (SSSR count). The zero-order valence-corrected chi connectivity index (χ0v) is 11.7. The summed E-state index contributed by atoms with van der Waals surface area (Å²) in [5, 5.41) is 10.1. The van der Waals surface area contributed by atoms with Crippen LogP contribution >= 0.6 is 11.6 Å². The number of anilines is 1. The van der Waals surface area contributed by atoms with Gasteiger partial charge in [0, 0.05) is 17.5 Å². The maximum absolute atomic E-state index is 9.01. The number of alkyl halides is 1. The topological polar surface area (TPSA) is 49.2 Å². The monoisotopic (exact) mass is 287 g/mol. The number of para-hydroxylation sites is 1. The Bertz CT molecular complexity index is 668. The van der Waals surface area contributed by atoms with Gasteiger partial charge in [0.2, 0.25) is 0 Å². The number of hydrogen-bond acceptors (Lipinski definition) is 4. The SMILES string of the molecule is N#CC1CN(c2nc3ccccc3cc2CCl)CCO1. The van der Waals surface area contributed by atoms with E-state index in [1.807, 2.05) is 24.3 Å². The molecule has 1 aromatic heterocycles. The molecule has 0 bridgehead atoms. The number of rotatable bonds is 2. The summed E-state index contributed by atoms with van der Waals surface area (Å²) >= 11 is 6.06. The third kappa shape index (κ3) is 2.43. The van der Waals surface area contributed by atoms with Crippen LogP contribution in [0.5, 0.6) is 0 Å². The molecule has 0 N–H and O–H groups in total. The Kier molecular flexibility index (Phi) is 3.72. The van der Waals surface area contributed by atoms with Crippen molar-refractivity contribution in [1.82, 2.24) is 4.98 Å². The molecule has 4 nitrogen and oxygen atoms in total. The third-order valence-corrected chi connectivity index (χ3v) is 3.72. The lowest BCUT2D eigenvalue weighted by molar-refractivity contribution is 0.0761. The number of pyridine rings is 1. The normalized spacial score (nSPS) is 19.0. The summed E-state index contributed by atoms with van der Waals surface area (Å²) in [5.41, 5.74) is 1.93. The number of halogens is 1. The van der Waals surface area contributed by atoms with Gasteiger partial charge in [0.05, 0.1) is 30.6 Å². The van der Waals surface area contributed by atoms with E-state index in [-0.39, 0.29) is 0 Å². The Balaban J connectivity index is 2.03. The molecule has 0 radical (unpaired) electrons. The Labute approximate surface area is 122 Å². The fraction of sp³-hybridized carbons (Fsp3) is 0.333. The zero-order chi connectivity index (χ0) is 13.9. The number of morpholine rings is 1. The highest BCUT2D eigenvalue weighted by Crippen LogP contribution is 2.26. The Morgan fingerprint density at radius 1 is 1.45 bits per heavy atom. The largest absolute Gasteiger partial charge is 0.360 e. The lowest BCUT2D eigenvalue weighted by Crippen LogP contribution is -2.42. The van der Waals surface area contributed by atoms with Gasteiger partial charge >= 0.3 is 0 Å². The highest BCUT2D eigenvalue weighted by molar-refractivity contribution is 6.17. The molecule has 0 amide bonds. The molecular weight excluding hydrogens is 274 g/mol. The van der Waals surface area contributed by atoms with E-state index in [9.17, 15) is 0 Å². The van der Waals surface area contributed by atoms with Gasteiger partial charge in [0.15, 0.2) is 6.10 Å². The number of hydrogen-bond donors (Lipinski definition) is 0. The Morgan fingerprint density at radius 2 is 2.30 bits per heavy atom. The van der Waals surface area contributed by atoms with Crippen molar-refractivity contribution in [1.29, 1.82) is 5.26 Å². The summed E-state index contributed by atoms with van der Waals surface area (Å²) in [4.78, 5) is 6.80. The molecule has 1 aromatic carbocycles. The number of nitriles is 1. The molecule has 1 unspecified atom stereocenters. The van der Waals surface area contributed by atoms with Gasteiger partial charge in [-0.1, -0.05) is 18.2 Å². The predicted molar refractivity (Wildman–Crippen MR) is 78.9 cm³/mol. The first-order valence-corrected chi connectivity index (χ1v) is 7.06. The van der Waals surface area contributed by atoms with E-state index < -0.39 is 6.10 Å². The number of benzene rings is 1.